The Hall–Kier alpha value is -1.48. The van der Waals surface area contributed by atoms with Gasteiger partial charge in [0.25, 0.3) is 0 Å². The van der Waals surface area contributed by atoms with E-state index in [-0.39, 0.29) is 23.6 Å². The molecule has 1 aromatic carbocycles. The maximum Gasteiger partial charge on any atom is 0.248 e. The zero-order valence-corrected chi connectivity index (χ0v) is 11.5. The van der Waals surface area contributed by atoms with Crippen LogP contribution < -0.4 is 10.5 Å². The number of primary amides is 1. The molecule has 1 aliphatic rings. The highest BCUT2D eigenvalue weighted by Gasteiger charge is 2.33. The normalized spacial score (nSPS) is 22.9. The SMILES string of the molecule is NC(=O)c1ccc(S(=O)(=O)NCC2(O)CCOC2)cc1. The summed E-state index contributed by atoms with van der Waals surface area (Å²) in [7, 11) is -3.75. The van der Waals surface area contributed by atoms with Crippen LogP contribution in [-0.4, -0.2) is 44.8 Å². The van der Waals surface area contributed by atoms with E-state index in [1.54, 1.807) is 0 Å². The minimum Gasteiger partial charge on any atom is -0.386 e. The maximum absolute atomic E-state index is 12.0. The van der Waals surface area contributed by atoms with Crippen molar-refractivity contribution in [3.63, 3.8) is 0 Å². The van der Waals surface area contributed by atoms with Crippen molar-refractivity contribution < 1.29 is 23.1 Å². The van der Waals surface area contributed by atoms with E-state index < -0.39 is 21.5 Å². The second-order valence-electron chi connectivity index (χ2n) is 4.74. The van der Waals surface area contributed by atoms with E-state index >= 15 is 0 Å². The molecule has 1 saturated heterocycles. The molecule has 1 heterocycles. The Balaban J connectivity index is 2.08. The summed E-state index contributed by atoms with van der Waals surface area (Å²) >= 11 is 0. The van der Waals surface area contributed by atoms with Crippen LogP contribution in [0.1, 0.15) is 16.8 Å². The first-order chi connectivity index (χ1) is 9.32. The zero-order chi connectivity index (χ0) is 14.8. The van der Waals surface area contributed by atoms with Crippen LogP contribution in [0.2, 0.25) is 0 Å². The molecular formula is C12H16N2O5S. The molecule has 8 heteroatoms. The third-order valence-corrected chi connectivity index (χ3v) is 4.54. The molecule has 4 N–H and O–H groups in total. The molecule has 2 rings (SSSR count). The van der Waals surface area contributed by atoms with E-state index in [0.29, 0.717) is 13.0 Å². The number of nitrogens with two attached hydrogens (primary N) is 1. The first-order valence-corrected chi connectivity index (χ1v) is 7.50. The van der Waals surface area contributed by atoms with Crippen molar-refractivity contribution in [1.29, 1.82) is 0 Å². The molecule has 1 aromatic rings. The molecule has 0 radical (unpaired) electrons. The molecule has 0 bridgehead atoms. The van der Waals surface area contributed by atoms with Crippen LogP contribution in [-0.2, 0) is 14.8 Å². The lowest BCUT2D eigenvalue weighted by molar-refractivity contribution is 0.0314. The Morgan fingerprint density at radius 3 is 2.55 bits per heavy atom. The number of carbonyl (C=O) groups excluding carboxylic acids is 1. The summed E-state index contributed by atoms with van der Waals surface area (Å²) in [5, 5.41) is 10.0. The Kier molecular flexibility index (Phi) is 4.09. The Labute approximate surface area is 116 Å². The van der Waals surface area contributed by atoms with E-state index in [1.807, 2.05) is 0 Å². The van der Waals surface area contributed by atoms with E-state index in [9.17, 15) is 18.3 Å². The Morgan fingerprint density at radius 1 is 1.40 bits per heavy atom. The van der Waals surface area contributed by atoms with Crippen LogP contribution in [0.4, 0.5) is 0 Å². The topological polar surface area (TPSA) is 119 Å². The maximum atomic E-state index is 12.0. The number of hydrogen-bond acceptors (Lipinski definition) is 5. The summed E-state index contributed by atoms with van der Waals surface area (Å²) in [5.74, 6) is -0.626. The van der Waals surface area contributed by atoms with Crippen molar-refractivity contribution in [2.45, 2.75) is 16.9 Å². The van der Waals surface area contributed by atoms with Gasteiger partial charge in [-0.1, -0.05) is 0 Å². The summed E-state index contributed by atoms with van der Waals surface area (Å²) in [5.41, 5.74) is 4.14. The van der Waals surface area contributed by atoms with Gasteiger partial charge >= 0.3 is 0 Å². The second-order valence-corrected chi connectivity index (χ2v) is 6.51. The van der Waals surface area contributed by atoms with Crippen molar-refractivity contribution in [1.82, 2.24) is 4.72 Å². The number of benzene rings is 1. The van der Waals surface area contributed by atoms with Crippen molar-refractivity contribution in [2.75, 3.05) is 19.8 Å². The summed E-state index contributed by atoms with van der Waals surface area (Å²) in [4.78, 5) is 10.9. The summed E-state index contributed by atoms with van der Waals surface area (Å²) < 4.78 is 31.4. The van der Waals surface area contributed by atoms with E-state index in [4.69, 9.17) is 10.5 Å². The summed E-state index contributed by atoms with van der Waals surface area (Å²) in [6, 6.07) is 5.25. The number of nitrogens with one attached hydrogen (secondary N) is 1. The number of rotatable bonds is 5. The molecule has 0 aliphatic carbocycles. The largest absolute Gasteiger partial charge is 0.386 e. The molecule has 7 nitrogen and oxygen atoms in total. The zero-order valence-electron chi connectivity index (χ0n) is 10.7. The summed E-state index contributed by atoms with van der Waals surface area (Å²) in [6.07, 6.45) is 0.385. The van der Waals surface area contributed by atoms with E-state index in [0.717, 1.165) is 0 Å². The minimum absolute atomic E-state index is 0.00464. The van der Waals surface area contributed by atoms with Crippen molar-refractivity contribution in [2.24, 2.45) is 5.73 Å². The average molecular weight is 300 g/mol. The van der Waals surface area contributed by atoms with Gasteiger partial charge in [-0.3, -0.25) is 4.79 Å². The molecule has 0 aromatic heterocycles. The lowest BCUT2D eigenvalue weighted by Crippen LogP contribution is -2.43. The minimum atomic E-state index is -3.75. The highest BCUT2D eigenvalue weighted by Crippen LogP contribution is 2.18. The average Bonchev–Trinajstić information content (AvgIpc) is 2.84. The molecule has 1 aliphatic heterocycles. The first kappa shape index (κ1) is 14.9. The van der Waals surface area contributed by atoms with Crippen LogP contribution in [0.5, 0.6) is 0 Å². The van der Waals surface area contributed by atoms with Gasteiger partial charge in [0.05, 0.1) is 11.5 Å². The molecule has 0 spiro atoms. The van der Waals surface area contributed by atoms with Crippen molar-refractivity contribution in [3.05, 3.63) is 29.8 Å². The van der Waals surface area contributed by atoms with Gasteiger partial charge in [-0.2, -0.15) is 0 Å². The number of amides is 1. The van der Waals surface area contributed by atoms with Crippen molar-refractivity contribution in [3.8, 4) is 0 Å². The van der Waals surface area contributed by atoms with E-state index in [2.05, 4.69) is 4.72 Å². The predicted molar refractivity (Wildman–Crippen MR) is 70.5 cm³/mol. The first-order valence-electron chi connectivity index (χ1n) is 6.02. The quantitative estimate of drug-likeness (QED) is 0.659. The van der Waals surface area contributed by atoms with Gasteiger partial charge in [0.1, 0.15) is 5.60 Å². The van der Waals surface area contributed by atoms with Crippen LogP contribution in [0, 0.1) is 0 Å². The molecule has 1 atom stereocenters. The molecule has 1 amide bonds. The monoisotopic (exact) mass is 300 g/mol. The number of hydrogen-bond donors (Lipinski definition) is 3. The molecular weight excluding hydrogens is 284 g/mol. The Morgan fingerprint density at radius 2 is 2.05 bits per heavy atom. The fourth-order valence-electron chi connectivity index (χ4n) is 1.85. The van der Waals surface area contributed by atoms with Gasteiger partial charge in [-0.15, -0.1) is 0 Å². The second kappa shape index (κ2) is 5.49. The van der Waals surface area contributed by atoms with E-state index in [1.165, 1.54) is 24.3 Å². The van der Waals surface area contributed by atoms with Crippen LogP contribution >= 0.6 is 0 Å². The molecule has 20 heavy (non-hydrogen) atoms. The van der Waals surface area contributed by atoms with Crippen LogP contribution in [0.3, 0.4) is 0 Å². The standard InChI is InChI=1S/C12H16N2O5S/c13-11(15)9-1-3-10(4-2-9)20(17,18)14-7-12(16)5-6-19-8-12/h1-4,14,16H,5-8H2,(H2,13,15). The number of sulfonamides is 1. The van der Waals surface area contributed by atoms with Gasteiger partial charge in [0, 0.05) is 25.1 Å². The molecule has 110 valence electrons. The van der Waals surface area contributed by atoms with Gasteiger partial charge in [0.2, 0.25) is 15.9 Å². The Bertz CT molecular complexity index is 591. The lowest BCUT2D eigenvalue weighted by Gasteiger charge is -2.20. The van der Waals surface area contributed by atoms with Gasteiger partial charge in [-0.25, -0.2) is 13.1 Å². The molecule has 0 saturated carbocycles. The summed E-state index contributed by atoms with van der Waals surface area (Å²) in [6.45, 7) is 0.397. The van der Waals surface area contributed by atoms with Gasteiger partial charge in [0.15, 0.2) is 0 Å². The molecule has 1 fully saturated rings. The van der Waals surface area contributed by atoms with Crippen LogP contribution in [0.15, 0.2) is 29.2 Å². The number of carbonyl (C=O) groups is 1. The van der Waals surface area contributed by atoms with Crippen molar-refractivity contribution >= 4 is 15.9 Å². The fraction of sp³-hybridized carbons (Fsp3) is 0.417. The third-order valence-electron chi connectivity index (χ3n) is 3.12. The number of ether oxygens (including phenoxy) is 1. The predicted octanol–water partition coefficient (Wildman–Crippen LogP) is -0.785. The van der Waals surface area contributed by atoms with Gasteiger partial charge < -0.3 is 15.6 Å². The highest BCUT2D eigenvalue weighted by atomic mass is 32.2. The fourth-order valence-corrected chi connectivity index (χ4v) is 2.97. The molecule has 1 unspecified atom stereocenters. The highest BCUT2D eigenvalue weighted by molar-refractivity contribution is 7.89. The smallest absolute Gasteiger partial charge is 0.248 e. The lowest BCUT2D eigenvalue weighted by atomic mass is 10.1. The van der Waals surface area contributed by atoms with Crippen LogP contribution in [0.25, 0.3) is 0 Å². The van der Waals surface area contributed by atoms with Gasteiger partial charge in [-0.05, 0) is 24.3 Å². The third kappa shape index (κ3) is 3.34. The number of aliphatic hydroxyl groups is 1.